The molecule has 1 N–H and O–H groups in total. The number of hydrogen-bond donors (Lipinski definition) is 1. The van der Waals surface area contributed by atoms with Gasteiger partial charge in [-0.2, -0.15) is 0 Å². The summed E-state index contributed by atoms with van der Waals surface area (Å²) in [6, 6.07) is 4.63. The van der Waals surface area contributed by atoms with Crippen molar-refractivity contribution in [1.82, 2.24) is 0 Å². The lowest BCUT2D eigenvalue weighted by atomic mass is 10.1. The fourth-order valence-corrected chi connectivity index (χ4v) is 3.37. The molecule has 0 atom stereocenters. The minimum absolute atomic E-state index is 0.144. The number of hydrogen-bond acceptors (Lipinski definition) is 6. The van der Waals surface area contributed by atoms with Gasteiger partial charge in [0.15, 0.2) is 5.76 Å². The molecule has 0 saturated carbocycles. The molecule has 0 radical (unpaired) electrons. The molecule has 0 amide bonds. The van der Waals surface area contributed by atoms with E-state index in [-0.39, 0.29) is 33.0 Å². The van der Waals surface area contributed by atoms with Gasteiger partial charge in [-0.1, -0.05) is 29.3 Å². The molecule has 1 heterocycles. The zero-order valence-corrected chi connectivity index (χ0v) is 15.9. The number of esters is 1. The van der Waals surface area contributed by atoms with Crippen molar-refractivity contribution >= 4 is 45.1 Å². The third-order valence-corrected chi connectivity index (χ3v) is 5.69. The summed E-state index contributed by atoms with van der Waals surface area (Å²) in [5.41, 5.74) is 0.144. The minimum atomic E-state index is -3.74. The van der Waals surface area contributed by atoms with E-state index in [0.29, 0.717) is 0 Å². The molecule has 0 bridgehead atoms. The van der Waals surface area contributed by atoms with Crippen molar-refractivity contribution in [1.29, 1.82) is 0 Å². The zero-order chi connectivity index (χ0) is 18.9. The van der Waals surface area contributed by atoms with Crippen molar-refractivity contribution in [3.05, 3.63) is 28.2 Å². The summed E-state index contributed by atoms with van der Waals surface area (Å²) in [4.78, 5) is 11.3. The number of anilines is 1. The highest BCUT2D eigenvalue weighted by atomic mass is 35.5. The Kier molecular flexibility index (Phi) is 5.55. The van der Waals surface area contributed by atoms with Crippen molar-refractivity contribution in [3.8, 4) is 22.8 Å². The van der Waals surface area contributed by atoms with Crippen LogP contribution in [0.2, 0.25) is 10.0 Å². The van der Waals surface area contributed by atoms with Gasteiger partial charge in [0.05, 0.1) is 21.4 Å². The number of benzene rings is 1. The fraction of sp³-hybridized carbons (Fsp3) is 0.267. The van der Waals surface area contributed by atoms with Crippen LogP contribution in [0.4, 0.5) is 5.88 Å². The number of halogens is 2. The van der Waals surface area contributed by atoms with E-state index in [1.807, 2.05) is 0 Å². The Balaban J connectivity index is 2.75. The lowest BCUT2D eigenvalue weighted by Crippen LogP contribution is -2.28. The number of rotatable bonds is 5. The topological polar surface area (TPSA) is 97.1 Å². The Labute approximate surface area is 154 Å². The second-order valence-electron chi connectivity index (χ2n) is 4.97. The molecular formula is C15H15Cl2NO6S. The van der Waals surface area contributed by atoms with Gasteiger partial charge in [0.2, 0.25) is 21.5 Å². The van der Waals surface area contributed by atoms with E-state index >= 15 is 0 Å². The number of carbonyl (C=O) groups excluding carboxylic acids is 1. The molecule has 1 aromatic heterocycles. The average molecular weight is 408 g/mol. The third-order valence-electron chi connectivity index (χ3n) is 3.33. The van der Waals surface area contributed by atoms with E-state index in [4.69, 9.17) is 32.4 Å². The van der Waals surface area contributed by atoms with Gasteiger partial charge >= 0.3 is 5.97 Å². The standard InChI is InChI=1S/C15H15Cl2NO6S/c1-4-25(21,22)18(3)15-14(23-8(2)19)12(20)13(24-15)11-9(16)6-5-7-10(11)17/h5-7,20H,4H2,1-3H3. The smallest absolute Gasteiger partial charge is 0.308 e. The van der Waals surface area contributed by atoms with E-state index in [9.17, 15) is 18.3 Å². The predicted octanol–water partition coefficient (Wildman–Crippen LogP) is 3.67. The lowest BCUT2D eigenvalue weighted by molar-refractivity contribution is -0.132. The van der Waals surface area contributed by atoms with Crippen molar-refractivity contribution in [2.75, 3.05) is 17.1 Å². The van der Waals surface area contributed by atoms with Crippen LogP contribution in [0.25, 0.3) is 11.3 Å². The van der Waals surface area contributed by atoms with E-state index in [1.54, 1.807) is 6.07 Å². The summed E-state index contributed by atoms with van der Waals surface area (Å²) in [5.74, 6) is -2.58. The third kappa shape index (κ3) is 3.70. The zero-order valence-electron chi connectivity index (χ0n) is 13.5. The maximum atomic E-state index is 12.1. The van der Waals surface area contributed by atoms with Crippen LogP contribution in [0, 0.1) is 0 Å². The van der Waals surface area contributed by atoms with Gasteiger partial charge in [0.1, 0.15) is 0 Å². The van der Waals surface area contributed by atoms with Crippen LogP contribution in [0.1, 0.15) is 13.8 Å². The highest BCUT2D eigenvalue weighted by Crippen LogP contribution is 2.51. The monoisotopic (exact) mass is 407 g/mol. The first-order valence-corrected chi connectivity index (χ1v) is 9.41. The summed E-state index contributed by atoms with van der Waals surface area (Å²) < 4.78 is 35.5. The number of ether oxygens (including phenoxy) is 1. The summed E-state index contributed by atoms with van der Waals surface area (Å²) in [7, 11) is -2.53. The minimum Gasteiger partial charge on any atom is -0.502 e. The first kappa shape index (κ1) is 19.4. The molecule has 2 aromatic rings. The van der Waals surface area contributed by atoms with Gasteiger partial charge in [-0.15, -0.1) is 0 Å². The molecule has 10 heteroatoms. The molecule has 7 nitrogen and oxygen atoms in total. The van der Waals surface area contributed by atoms with Gasteiger partial charge in [0, 0.05) is 14.0 Å². The summed E-state index contributed by atoms with van der Waals surface area (Å²) in [6.45, 7) is 2.54. The van der Waals surface area contributed by atoms with E-state index in [1.165, 1.54) is 26.1 Å². The Bertz CT molecular complexity index is 902. The lowest BCUT2D eigenvalue weighted by Gasteiger charge is -2.16. The van der Waals surface area contributed by atoms with E-state index in [0.717, 1.165) is 11.2 Å². The van der Waals surface area contributed by atoms with Crippen LogP contribution < -0.4 is 9.04 Å². The molecule has 25 heavy (non-hydrogen) atoms. The first-order chi connectivity index (χ1) is 11.6. The highest BCUT2D eigenvalue weighted by Gasteiger charge is 2.32. The summed E-state index contributed by atoms with van der Waals surface area (Å²) in [5, 5.41) is 10.8. The number of carbonyl (C=O) groups is 1. The van der Waals surface area contributed by atoms with Crippen molar-refractivity contribution < 1.29 is 27.5 Å². The SMILES string of the molecule is CCS(=O)(=O)N(C)c1oc(-c2c(Cl)cccc2Cl)c(O)c1OC(C)=O. The molecule has 136 valence electrons. The van der Waals surface area contributed by atoms with E-state index in [2.05, 4.69) is 0 Å². The first-order valence-electron chi connectivity index (χ1n) is 7.05. The van der Waals surface area contributed by atoms with Crippen LogP contribution in [0.15, 0.2) is 22.6 Å². The quantitative estimate of drug-likeness (QED) is 0.759. The molecule has 0 aliphatic heterocycles. The molecule has 0 aliphatic carbocycles. The van der Waals surface area contributed by atoms with Gasteiger partial charge in [-0.25, -0.2) is 12.7 Å². The molecular weight excluding hydrogens is 393 g/mol. The molecule has 2 rings (SSSR count). The number of nitrogens with zero attached hydrogens (tertiary/aromatic N) is 1. The maximum Gasteiger partial charge on any atom is 0.308 e. The maximum absolute atomic E-state index is 12.1. The van der Waals surface area contributed by atoms with Crippen LogP contribution in [0.5, 0.6) is 11.5 Å². The van der Waals surface area contributed by atoms with Crippen molar-refractivity contribution in [2.45, 2.75) is 13.8 Å². The predicted molar refractivity (Wildman–Crippen MR) is 95.0 cm³/mol. The van der Waals surface area contributed by atoms with Crippen LogP contribution >= 0.6 is 23.2 Å². The molecule has 0 spiro atoms. The molecule has 0 saturated heterocycles. The molecule has 0 fully saturated rings. The second kappa shape index (κ2) is 7.15. The molecule has 0 unspecified atom stereocenters. The van der Waals surface area contributed by atoms with Gasteiger partial charge < -0.3 is 14.3 Å². The highest BCUT2D eigenvalue weighted by molar-refractivity contribution is 7.92. The fourth-order valence-electron chi connectivity index (χ4n) is 2.04. The van der Waals surface area contributed by atoms with Gasteiger partial charge in [-0.3, -0.25) is 4.79 Å². The van der Waals surface area contributed by atoms with E-state index < -0.39 is 27.5 Å². The number of aromatic hydroxyl groups is 1. The normalized spacial score (nSPS) is 11.4. The average Bonchev–Trinajstić information content (AvgIpc) is 2.83. The van der Waals surface area contributed by atoms with Crippen molar-refractivity contribution in [2.24, 2.45) is 0 Å². The largest absolute Gasteiger partial charge is 0.502 e. The second-order valence-corrected chi connectivity index (χ2v) is 8.08. The van der Waals surface area contributed by atoms with Crippen LogP contribution in [-0.4, -0.2) is 32.3 Å². The number of furan rings is 1. The Morgan fingerprint density at radius 1 is 1.32 bits per heavy atom. The summed E-state index contributed by atoms with van der Waals surface area (Å²) in [6.07, 6.45) is 0. The van der Waals surface area contributed by atoms with Crippen LogP contribution in [-0.2, 0) is 14.8 Å². The van der Waals surface area contributed by atoms with Crippen molar-refractivity contribution in [3.63, 3.8) is 0 Å². The van der Waals surface area contributed by atoms with Gasteiger partial charge in [0.25, 0.3) is 5.88 Å². The summed E-state index contributed by atoms with van der Waals surface area (Å²) >= 11 is 12.2. The number of sulfonamides is 1. The molecule has 1 aromatic carbocycles. The Morgan fingerprint density at radius 2 is 1.88 bits per heavy atom. The Morgan fingerprint density at radius 3 is 2.36 bits per heavy atom. The molecule has 0 aliphatic rings. The van der Waals surface area contributed by atoms with Crippen LogP contribution in [0.3, 0.4) is 0 Å². The Hall–Kier alpha value is -1.90. The van der Waals surface area contributed by atoms with Gasteiger partial charge in [-0.05, 0) is 19.1 Å².